The van der Waals surface area contributed by atoms with Gasteiger partial charge in [0.1, 0.15) is 5.82 Å². The summed E-state index contributed by atoms with van der Waals surface area (Å²) >= 11 is 3.46. The molecule has 0 aromatic heterocycles. The van der Waals surface area contributed by atoms with Crippen LogP contribution in [0.3, 0.4) is 0 Å². The number of rotatable bonds is 5. The van der Waals surface area contributed by atoms with Crippen molar-refractivity contribution in [1.29, 1.82) is 0 Å². The average molecular weight is 302 g/mol. The zero-order valence-corrected chi connectivity index (χ0v) is 11.7. The molecule has 0 bridgehead atoms. The predicted octanol–water partition coefficient (Wildman–Crippen LogP) is 3.43. The summed E-state index contributed by atoms with van der Waals surface area (Å²) in [7, 11) is 0. The molecule has 4 heteroatoms. The molecule has 0 aliphatic carbocycles. The Hall–Kier alpha value is -0.900. The van der Waals surface area contributed by atoms with Gasteiger partial charge in [0, 0.05) is 11.4 Å². The molecule has 1 atom stereocenters. The summed E-state index contributed by atoms with van der Waals surface area (Å²) in [6, 6.07) is 4.62. The van der Waals surface area contributed by atoms with Crippen LogP contribution in [0.15, 0.2) is 18.2 Å². The van der Waals surface area contributed by atoms with E-state index in [4.69, 9.17) is 0 Å². The van der Waals surface area contributed by atoms with E-state index in [0.29, 0.717) is 6.54 Å². The van der Waals surface area contributed by atoms with Crippen molar-refractivity contribution in [2.75, 3.05) is 6.54 Å². The van der Waals surface area contributed by atoms with E-state index < -0.39 is 5.82 Å². The molecule has 2 nitrogen and oxygen atoms in total. The molecule has 1 aromatic carbocycles. The quantitative estimate of drug-likeness (QED) is 0.830. The molecule has 94 valence electrons. The van der Waals surface area contributed by atoms with Crippen LogP contribution < -0.4 is 5.32 Å². The fraction of sp³-hybridized carbons (Fsp3) is 0.462. The van der Waals surface area contributed by atoms with Crippen LogP contribution in [0.4, 0.5) is 4.39 Å². The standard InChI is InChI=1S/C13H17BrFNO/c1-3-4-10(14)8-16-13(17)11-6-5-9(2)7-12(11)15/h5-7,10H,3-4,8H2,1-2H3,(H,16,17). The number of benzene rings is 1. The predicted molar refractivity (Wildman–Crippen MR) is 71.1 cm³/mol. The highest BCUT2D eigenvalue weighted by molar-refractivity contribution is 9.09. The Morgan fingerprint density at radius 2 is 2.24 bits per heavy atom. The first-order chi connectivity index (χ1) is 8.04. The van der Waals surface area contributed by atoms with Gasteiger partial charge in [-0.05, 0) is 31.0 Å². The first-order valence-electron chi connectivity index (χ1n) is 5.73. The van der Waals surface area contributed by atoms with Gasteiger partial charge in [0.25, 0.3) is 5.91 Å². The Bertz CT molecular complexity index is 395. The van der Waals surface area contributed by atoms with Crippen LogP contribution in [-0.2, 0) is 0 Å². The molecule has 0 spiro atoms. The minimum absolute atomic E-state index is 0.104. The van der Waals surface area contributed by atoms with Crippen molar-refractivity contribution in [3.8, 4) is 0 Å². The molecule has 0 aliphatic rings. The van der Waals surface area contributed by atoms with Crippen molar-refractivity contribution in [3.05, 3.63) is 35.1 Å². The Labute approximate surface area is 110 Å². The monoisotopic (exact) mass is 301 g/mol. The summed E-state index contributed by atoms with van der Waals surface area (Å²) in [6.45, 7) is 4.39. The fourth-order valence-electron chi connectivity index (χ4n) is 1.52. The summed E-state index contributed by atoms with van der Waals surface area (Å²) in [5.41, 5.74) is 0.912. The SMILES string of the molecule is CCCC(Br)CNC(=O)c1ccc(C)cc1F. The topological polar surface area (TPSA) is 29.1 Å². The third-order valence-corrected chi connectivity index (χ3v) is 3.24. The van der Waals surface area contributed by atoms with Gasteiger partial charge in [-0.2, -0.15) is 0 Å². The van der Waals surface area contributed by atoms with Crippen LogP contribution in [0.2, 0.25) is 0 Å². The molecule has 1 amide bonds. The van der Waals surface area contributed by atoms with E-state index in [1.165, 1.54) is 12.1 Å². The lowest BCUT2D eigenvalue weighted by Crippen LogP contribution is -2.30. The first-order valence-corrected chi connectivity index (χ1v) is 6.64. The Morgan fingerprint density at radius 3 is 2.82 bits per heavy atom. The average Bonchev–Trinajstić information content (AvgIpc) is 2.26. The molecule has 1 unspecified atom stereocenters. The van der Waals surface area contributed by atoms with E-state index in [-0.39, 0.29) is 16.3 Å². The smallest absolute Gasteiger partial charge is 0.254 e. The number of carbonyl (C=O) groups excluding carboxylic acids is 1. The van der Waals surface area contributed by atoms with Crippen LogP contribution in [0, 0.1) is 12.7 Å². The van der Waals surface area contributed by atoms with Gasteiger partial charge >= 0.3 is 0 Å². The highest BCUT2D eigenvalue weighted by Gasteiger charge is 2.12. The lowest BCUT2D eigenvalue weighted by atomic mass is 10.1. The molecule has 0 aliphatic heterocycles. The second kappa shape index (κ2) is 6.74. The number of nitrogens with one attached hydrogen (secondary N) is 1. The Kier molecular flexibility index (Phi) is 5.62. The van der Waals surface area contributed by atoms with Crippen molar-refractivity contribution >= 4 is 21.8 Å². The van der Waals surface area contributed by atoms with Crippen molar-refractivity contribution in [2.24, 2.45) is 0 Å². The summed E-state index contributed by atoms with van der Waals surface area (Å²) < 4.78 is 13.5. The van der Waals surface area contributed by atoms with Gasteiger partial charge < -0.3 is 5.32 Å². The summed E-state index contributed by atoms with van der Waals surface area (Å²) in [6.07, 6.45) is 2.03. The molecule has 1 N–H and O–H groups in total. The summed E-state index contributed by atoms with van der Waals surface area (Å²) in [5.74, 6) is -0.827. The van der Waals surface area contributed by atoms with Gasteiger partial charge in [0.05, 0.1) is 5.56 Å². The number of hydrogen-bond donors (Lipinski definition) is 1. The zero-order valence-electron chi connectivity index (χ0n) is 10.1. The van der Waals surface area contributed by atoms with Crippen LogP contribution in [0.5, 0.6) is 0 Å². The van der Waals surface area contributed by atoms with Gasteiger partial charge in [0.2, 0.25) is 0 Å². The number of carbonyl (C=O) groups is 1. The second-order valence-electron chi connectivity index (χ2n) is 4.08. The largest absolute Gasteiger partial charge is 0.351 e. The van der Waals surface area contributed by atoms with Crippen LogP contribution in [0.25, 0.3) is 0 Å². The first kappa shape index (κ1) is 14.2. The molecular formula is C13H17BrFNO. The normalized spacial score (nSPS) is 12.2. The lowest BCUT2D eigenvalue weighted by molar-refractivity contribution is 0.0949. The Morgan fingerprint density at radius 1 is 1.53 bits per heavy atom. The second-order valence-corrected chi connectivity index (χ2v) is 5.37. The molecule has 0 saturated carbocycles. The van der Waals surface area contributed by atoms with Gasteiger partial charge in [0.15, 0.2) is 0 Å². The highest BCUT2D eigenvalue weighted by Crippen LogP contribution is 2.11. The van der Waals surface area contributed by atoms with Gasteiger partial charge in [-0.1, -0.05) is 35.3 Å². The van der Waals surface area contributed by atoms with E-state index in [1.54, 1.807) is 13.0 Å². The van der Waals surface area contributed by atoms with Crippen molar-refractivity contribution in [3.63, 3.8) is 0 Å². The summed E-state index contributed by atoms with van der Waals surface area (Å²) in [4.78, 5) is 12.0. The van der Waals surface area contributed by atoms with E-state index in [9.17, 15) is 9.18 Å². The van der Waals surface area contributed by atoms with Crippen molar-refractivity contribution < 1.29 is 9.18 Å². The van der Waals surface area contributed by atoms with Crippen LogP contribution in [0.1, 0.15) is 35.7 Å². The summed E-state index contributed by atoms with van der Waals surface area (Å²) in [5, 5.41) is 2.72. The van der Waals surface area contributed by atoms with Crippen LogP contribution in [-0.4, -0.2) is 17.3 Å². The van der Waals surface area contributed by atoms with E-state index in [1.807, 2.05) is 0 Å². The third kappa shape index (κ3) is 4.46. The molecule has 0 fully saturated rings. The zero-order chi connectivity index (χ0) is 12.8. The maximum absolute atomic E-state index is 13.5. The molecular weight excluding hydrogens is 285 g/mol. The van der Waals surface area contributed by atoms with Crippen molar-refractivity contribution in [2.45, 2.75) is 31.5 Å². The van der Waals surface area contributed by atoms with E-state index in [0.717, 1.165) is 18.4 Å². The number of aryl methyl sites for hydroxylation is 1. The molecule has 1 aromatic rings. The van der Waals surface area contributed by atoms with Gasteiger partial charge in [-0.3, -0.25) is 4.79 Å². The van der Waals surface area contributed by atoms with Gasteiger partial charge in [-0.25, -0.2) is 4.39 Å². The molecule has 1 rings (SSSR count). The number of hydrogen-bond acceptors (Lipinski definition) is 1. The molecule has 0 heterocycles. The molecule has 0 radical (unpaired) electrons. The maximum atomic E-state index is 13.5. The highest BCUT2D eigenvalue weighted by atomic mass is 79.9. The minimum Gasteiger partial charge on any atom is -0.351 e. The molecule has 17 heavy (non-hydrogen) atoms. The van der Waals surface area contributed by atoms with Crippen LogP contribution >= 0.6 is 15.9 Å². The number of alkyl halides is 1. The van der Waals surface area contributed by atoms with E-state index in [2.05, 4.69) is 28.2 Å². The number of amides is 1. The van der Waals surface area contributed by atoms with Gasteiger partial charge in [-0.15, -0.1) is 0 Å². The molecule has 0 saturated heterocycles. The van der Waals surface area contributed by atoms with E-state index >= 15 is 0 Å². The number of halogens is 2. The van der Waals surface area contributed by atoms with Crippen molar-refractivity contribution in [1.82, 2.24) is 5.32 Å². The maximum Gasteiger partial charge on any atom is 0.254 e. The lowest BCUT2D eigenvalue weighted by Gasteiger charge is -2.10. The Balaban J connectivity index is 2.58. The minimum atomic E-state index is -0.468. The third-order valence-electron chi connectivity index (χ3n) is 2.46. The fourth-order valence-corrected chi connectivity index (χ4v) is 2.14.